The quantitative estimate of drug-likeness (QED) is 0.778. The first-order chi connectivity index (χ1) is 9.59. The number of aliphatic hydroxyl groups excluding tert-OH is 1. The molecule has 4 nitrogen and oxygen atoms in total. The fourth-order valence-electron chi connectivity index (χ4n) is 2.98. The van der Waals surface area contributed by atoms with Crippen LogP contribution in [-0.2, 0) is 10.3 Å². The molecule has 0 fully saturated rings. The van der Waals surface area contributed by atoms with Crippen molar-refractivity contribution in [3.63, 3.8) is 0 Å². The number of aliphatic hydroxyl groups is 2. The lowest BCUT2D eigenvalue weighted by molar-refractivity contribution is -0.110. The van der Waals surface area contributed by atoms with Gasteiger partial charge in [-0.05, 0) is 28.8 Å². The molecular formula is C16H16O4. The Morgan fingerprint density at radius 1 is 1.05 bits per heavy atom. The van der Waals surface area contributed by atoms with E-state index in [1.807, 2.05) is 12.1 Å². The summed E-state index contributed by atoms with van der Waals surface area (Å²) in [5.74, 6) is 0.123. The smallest absolute Gasteiger partial charge is 0.144 e. The number of aromatic hydroxyl groups is 1. The molecule has 3 N–H and O–H groups in total. The topological polar surface area (TPSA) is 69.9 Å². The fourth-order valence-corrected chi connectivity index (χ4v) is 2.98. The number of phenolic OH excluding ortho intramolecular Hbond substituents is 1. The molecule has 1 aliphatic rings. The van der Waals surface area contributed by atoms with Crippen molar-refractivity contribution in [2.75, 3.05) is 7.11 Å². The monoisotopic (exact) mass is 272 g/mol. The van der Waals surface area contributed by atoms with Gasteiger partial charge in [-0.2, -0.15) is 0 Å². The highest BCUT2D eigenvalue weighted by molar-refractivity contribution is 5.49. The normalized spacial score (nSPS) is 28.4. The highest BCUT2D eigenvalue weighted by Crippen LogP contribution is 2.48. The Bertz CT molecular complexity index is 623. The number of hydrogen-bond acceptors (Lipinski definition) is 4. The molecule has 0 amide bonds. The summed E-state index contributed by atoms with van der Waals surface area (Å²) < 4.78 is 5.34. The van der Waals surface area contributed by atoms with E-state index in [9.17, 15) is 15.3 Å². The summed E-state index contributed by atoms with van der Waals surface area (Å²) in [6.45, 7) is 0. The van der Waals surface area contributed by atoms with Gasteiger partial charge in [0, 0.05) is 7.11 Å². The van der Waals surface area contributed by atoms with Crippen molar-refractivity contribution in [3.8, 4) is 5.75 Å². The third-order valence-corrected chi connectivity index (χ3v) is 3.95. The molecule has 3 unspecified atom stereocenters. The maximum absolute atomic E-state index is 11.2. The fraction of sp³-hybridized carbons (Fsp3) is 0.250. The standard InChI is InChI=1S/C16H16O4/c1-20-15-14(18)12-4-2-3-5-13(12)16(15,19)10-6-8-11(17)9-7-10/h2-9,14-15,17-19H,1H3. The predicted octanol–water partition coefficient (Wildman–Crippen LogP) is 1.69. The van der Waals surface area contributed by atoms with Crippen molar-refractivity contribution >= 4 is 0 Å². The predicted molar refractivity (Wildman–Crippen MR) is 73.3 cm³/mol. The second-order valence-electron chi connectivity index (χ2n) is 5.00. The van der Waals surface area contributed by atoms with Crippen LogP contribution in [0.1, 0.15) is 22.8 Å². The van der Waals surface area contributed by atoms with Crippen LogP contribution in [0.2, 0.25) is 0 Å². The molecule has 0 saturated heterocycles. The SMILES string of the molecule is COC1C(O)c2ccccc2C1(O)c1ccc(O)cc1. The Hall–Kier alpha value is -1.88. The van der Waals surface area contributed by atoms with Crippen LogP contribution >= 0.6 is 0 Å². The Balaban J connectivity index is 2.21. The number of phenols is 1. The van der Waals surface area contributed by atoms with Crippen molar-refractivity contribution in [3.05, 3.63) is 65.2 Å². The lowest BCUT2D eigenvalue weighted by Gasteiger charge is -2.31. The Kier molecular flexibility index (Phi) is 3.01. The molecule has 1 aliphatic carbocycles. The average molecular weight is 272 g/mol. The van der Waals surface area contributed by atoms with E-state index in [-0.39, 0.29) is 5.75 Å². The van der Waals surface area contributed by atoms with Crippen LogP contribution in [0.15, 0.2) is 48.5 Å². The molecule has 20 heavy (non-hydrogen) atoms. The lowest BCUT2D eigenvalue weighted by atomic mass is 9.86. The van der Waals surface area contributed by atoms with Crippen LogP contribution in [0.4, 0.5) is 0 Å². The van der Waals surface area contributed by atoms with Gasteiger partial charge >= 0.3 is 0 Å². The molecule has 2 aromatic rings. The minimum absolute atomic E-state index is 0.123. The molecule has 0 bridgehead atoms. The van der Waals surface area contributed by atoms with E-state index in [0.29, 0.717) is 16.7 Å². The molecule has 0 radical (unpaired) electrons. The molecule has 3 rings (SSSR count). The first-order valence-electron chi connectivity index (χ1n) is 6.41. The van der Waals surface area contributed by atoms with E-state index >= 15 is 0 Å². The van der Waals surface area contributed by atoms with Gasteiger partial charge in [0.25, 0.3) is 0 Å². The van der Waals surface area contributed by atoms with E-state index in [1.54, 1.807) is 24.3 Å². The van der Waals surface area contributed by atoms with Crippen LogP contribution in [0, 0.1) is 0 Å². The zero-order valence-electron chi connectivity index (χ0n) is 11.0. The number of rotatable bonds is 2. The summed E-state index contributed by atoms with van der Waals surface area (Å²) in [5.41, 5.74) is 0.435. The van der Waals surface area contributed by atoms with Crippen LogP contribution in [0.3, 0.4) is 0 Å². The minimum atomic E-state index is -1.43. The number of methoxy groups -OCH3 is 1. The van der Waals surface area contributed by atoms with Gasteiger partial charge in [-0.25, -0.2) is 0 Å². The summed E-state index contributed by atoms with van der Waals surface area (Å²) in [7, 11) is 1.46. The van der Waals surface area contributed by atoms with Crippen molar-refractivity contribution in [2.45, 2.75) is 17.8 Å². The van der Waals surface area contributed by atoms with Crippen LogP contribution in [0.5, 0.6) is 5.75 Å². The van der Waals surface area contributed by atoms with Gasteiger partial charge in [0.2, 0.25) is 0 Å². The molecule has 2 aromatic carbocycles. The van der Waals surface area contributed by atoms with Crippen LogP contribution in [-0.4, -0.2) is 28.5 Å². The van der Waals surface area contributed by atoms with E-state index < -0.39 is 17.8 Å². The van der Waals surface area contributed by atoms with E-state index in [2.05, 4.69) is 0 Å². The maximum Gasteiger partial charge on any atom is 0.144 e. The van der Waals surface area contributed by atoms with Gasteiger partial charge in [-0.1, -0.05) is 36.4 Å². The Morgan fingerprint density at radius 2 is 1.70 bits per heavy atom. The van der Waals surface area contributed by atoms with Gasteiger partial charge in [0.1, 0.15) is 23.6 Å². The minimum Gasteiger partial charge on any atom is -0.508 e. The number of benzene rings is 2. The van der Waals surface area contributed by atoms with Gasteiger partial charge in [0.15, 0.2) is 0 Å². The van der Waals surface area contributed by atoms with Crippen molar-refractivity contribution in [2.24, 2.45) is 0 Å². The molecule has 3 atom stereocenters. The van der Waals surface area contributed by atoms with Crippen LogP contribution < -0.4 is 0 Å². The first kappa shape index (κ1) is 13.1. The Labute approximate surface area is 116 Å². The molecular weight excluding hydrogens is 256 g/mol. The van der Waals surface area contributed by atoms with Crippen molar-refractivity contribution in [1.82, 2.24) is 0 Å². The third kappa shape index (κ3) is 1.66. The maximum atomic E-state index is 11.2. The average Bonchev–Trinajstić information content (AvgIpc) is 2.69. The number of fused-ring (bicyclic) bond motifs is 1. The molecule has 0 spiro atoms. The lowest BCUT2D eigenvalue weighted by Crippen LogP contribution is -2.39. The number of ether oxygens (including phenoxy) is 1. The van der Waals surface area contributed by atoms with Gasteiger partial charge < -0.3 is 20.1 Å². The molecule has 0 aromatic heterocycles. The highest BCUT2D eigenvalue weighted by Gasteiger charge is 2.52. The van der Waals surface area contributed by atoms with E-state index in [1.165, 1.54) is 19.2 Å². The zero-order chi connectivity index (χ0) is 14.3. The summed E-state index contributed by atoms with van der Waals surface area (Å²) in [5, 5.41) is 30.9. The van der Waals surface area contributed by atoms with Gasteiger partial charge in [0.05, 0.1) is 0 Å². The summed E-state index contributed by atoms with van der Waals surface area (Å²) in [6, 6.07) is 13.5. The molecule has 0 heterocycles. The first-order valence-corrected chi connectivity index (χ1v) is 6.41. The molecule has 0 aliphatic heterocycles. The summed E-state index contributed by atoms with van der Waals surface area (Å²) >= 11 is 0. The highest BCUT2D eigenvalue weighted by atomic mass is 16.5. The summed E-state index contributed by atoms with van der Waals surface area (Å²) in [4.78, 5) is 0. The van der Waals surface area contributed by atoms with Crippen LogP contribution in [0.25, 0.3) is 0 Å². The summed E-state index contributed by atoms with van der Waals surface area (Å²) in [6.07, 6.45) is -1.68. The van der Waals surface area contributed by atoms with Gasteiger partial charge in [-0.15, -0.1) is 0 Å². The molecule has 4 heteroatoms. The van der Waals surface area contributed by atoms with Crippen molar-refractivity contribution in [1.29, 1.82) is 0 Å². The van der Waals surface area contributed by atoms with Crippen molar-refractivity contribution < 1.29 is 20.1 Å². The third-order valence-electron chi connectivity index (χ3n) is 3.95. The second-order valence-corrected chi connectivity index (χ2v) is 5.00. The van der Waals surface area contributed by atoms with E-state index in [4.69, 9.17) is 4.74 Å². The zero-order valence-corrected chi connectivity index (χ0v) is 11.0. The van der Waals surface area contributed by atoms with E-state index in [0.717, 1.165) is 0 Å². The molecule has 104 valence electrons. The molecule has 0 saturated carbocycles. The number of hydrogen-bond donors (Lipinski definition) is 3. The second kappa shape index (κ2) is 4.59. The Morgan fingerprint density at radius 3 is 2.35 bits per heavy atom. The van der Waals surface area contributed by atoms with Gasteiger partial charge in [-0.3, -0.25) is 0 Å². The largest absolute Gasteiger partial charge is 0.508 e.